The van der Waals surface area contributed by atoms with Gasteiger partial charge < -0.3 is 15.6 Å². The number of nitrogens with two attached hydrogens (primary N) is 1. The van der Waals surface area contributed by atoms with Gasteiger partial charge in [0.1, 0.15) is 6.04 Å². The summed E-state index contributed by atoms with van der Waals surface area (Å²) < 4.78 is 4.97. The van der Waals surface area contributed by atoms with E-state index in [1.807, 2.05) is 0 Å². The molecule has 0 saturated carbocycles. The zero-order valence-electron chi connectivity index (χ0n) is 9.27. The lowest BCUT2D eigenvalue weighted by molar-refractivity contribution is -0.157. The molecule has 0 radical (unpaired) electrons. The Morgan fingerprint density at radius 3 is 2.40 bits per heavy atom. The molecule has 3 N–H and O–H groups in total. The maximum Gasteiger partial charge on any atom is 0.324 e. The SMILES string of the molecule is CC(OC(=O)[C@@H](N)CCC(=O)O)N(C)C. The average Bonchev–Trinajstić information content (AvgIpc) is 2.13. The van der Waals surface area contributed by atoms with Crippen LogP contribution in [-0.2, 0) is 14.3 Å². The van der Waals surface area contributed by atoms with E-state index in [4.69, 9.17) is 15.6 Å². The van der Waals surface area contributed by atoms with Crippen molar-refractivity contribution < 1.29 is 19.4 Å². The summed E-state index contributed by atoms with van der Waals surface area (Å²) >= 11 is 0. The topological polar surface area (TPSA) is 92.9 Å². The van der Waals surface area contributed by atoms with E-state index < -0.39 is 18.0 Å². The fraction of sp³-hybridized carbons (Fsp3) is 0.778. The molecule has 88 valence electrons. The number of hydrogen-bond donors (Lipinski definition) is 2. The second kappa shape index (κ2) is 6.36. The molecule has 0 aliphatic rings. The number of ether oxygens (including phenoxy) is 1. The quantitative estimate of drug-likeness (QED) is 0.466. The molecule has 0 fully saturated rings. The molecule has 6 nitrogen and oxygen atoms in total. The Bertz CT molecular complexity index is 230. The van der Waals surface area contributed by atoms with E-state index in [-0.39, 0.29) is 19.1 Å². The number of rotatable bonds is 6. The summed E-state index contributed by atoms with van der Waals surface area (Å²) in [5.41, 5.74) is 5.46. The molecule has 15 heavy (non-hydrogen) atoms. The van der Waals surface area contributed by atoms with Gasteiger partial charge in [-0.15, -0.1) is 0 Å². The molecule has 6 heteroatoms. The highest BCUT2D eigenvalue weighted by Crippen LogP contribution is 2.01. The smallest absolute Gasteiger partial charge is 0.324 e. The van der Waals surface area contributed by atoms with Crippen LogP contribution in [0.15, 0.2) is 0 Å². The molecule has 0 aliphatic heterocycles. The van der Waals surface area contributed by atoms with E-state index in [1.165, 1.54) is 0 Å². The van der Waals surface area contributed by atoms with E-state index in [0.29, 0.717) is 0 Å². The van der Waals surface area contributed by atoms with Gasteiger partial charge >= 0.3 is 11.9 Å². The molecule has 2 atom stereocenters. The number of nitrogens with zero attached hydrogens (tertiary/aromatic N) is 1. The number of aliphatic carboxylic acids is 1. The predicted octanol–water partition coefficient (Wildman–Crippen LogP) is -0.371. The molecular weight excluding hydrogens is 200 g/mol. The van der Waals surface area contributed by atoms with Crippen LogP contribution >= 0.6 is 0 Å². The maximum atomic E-state index is 11.3. The predicted molar refractivity (Wildman–Crippen MR) is 54.1 cm³/mol. The highest BCUT2D eigenvalue weighted by molar-refractivity contribution is 5.76. The highest BCUT2D eigenvalue weighted by Gasteiger charge is 2.19. The Morgan fingerprint density at radius 1 is 1.47 bits per heavy atom. The fourth-order valence-electron chi connectivity index (χ4n) is 0.758. The summed E-state index contributed by atoms with van der Waals surface area (Å²) in [6, 6.07) is -0.872. The van der Waals surface area contributed by atoms with E-state index >= 15 is 0 Å². The molecule has 0 rings (SSSR count). The zero-order valence-corrected chi connectivity index (χ0v) is 9.27. The molecule has 0 aliphatic carbocycles. The van der Waals surface area contributed by atoms with Crippen molar-refractivity contribution in [1.29, 1.82) is 0 Å². The van der Waals surface area contributed by atoms with Crippen LogP contribution in [0, 0.1) is 0 Å². The second-order valence-corrected chi connectivity index (χ2v) is 3.54. The Hall–Kier alpha value is -1.14. The summed E-state index contributed by atoms with van der Waals surface area (Å²) in [5.74, 6) is -1.55. The molecule has 0 spiro atoms. The van der Waals surface area contributed by atoms with Crippen LogP contribution in [0.3, 0.4) is 0 Å². The van der Waals surface area contributed by atoms with Gasteiger partial charge in [0.2, 0.25) is 0 Å². The Morgan fingerprint density at radius 2 is 2.00 bits per heavy atom. The third-order valence-electron chi connectivity index (χ3n) is 1.99. The van der Waals surface area contributed by atoms with Crippen molar-refractivity contribution in [3.8, 4) is 0 Å². The average molecular weight is 218 g/mol. The van der Waals surface area contributed by atoms with E-state index in [0.717, 1.165) is 0 Å². The molecule has 1 unspecified atom stereocenters. The Labute approximate surface area is 89.0 Å². The largest absolute Gasteiger partial charge is 0.481 e. The lowest BCUT2D eigenvalue weighted by Crippen LogP contribution is -2.38. The normalized spacial score (nSPS) is 14.7. The number of hydrogen-bond acceptors (Lipinski definition) is 5. The van der Waals surface area contributed by atoms with Crippen molar-refractivity contribution in [2.24, 2.45) is 5.73 Å². The number of carboxylic acids is 1. The summed E-state index contributed by atoms with van der Waals surface area (Å²) in [6.07, 6.45) is -0.408. The number of esters is 1. The first-order valence-electron chi connectivity index (χ1n) is 4.69. The van der Waals surface area contributed by atoms with E-state index in [2.05, 4.69) is 0 Å². The van der Waals surface area contributed by atoms with Crippen LogP contribution in [0.1, 0.15) is 19.8 Å². The first kappa shape index (κ1) is 13.9. The molecule has 0 amide bonds. The molecule has 0 aromatic rings. The zero-order chi connectivity index (χ0) is 12.0. The third kappa shape index (κ3) is 6.03. The van der Waals surface area contributed by atoms with Crippen molar-refractivity contribution in [3.63, 3.8) is 0 Å². The van der Waals surface area contributed by atoms with Crippen LogP contribution in [0.4, 0.5) is 0 Å². The number of carbonyl (C=O) groups excluding carboxylic acids is 1. The van der Waals surface area contributed by atoms with Crippen LogP contribution < -0.4 is 5.73 Å². The second-order valence-electron chi connectivity index (χ2n) is 3.54. The molecule has 0 aromatic carbocycles. The van der Waals surface area contributed by atoms with E-state index in [1.54, 1.807) is 25.9 Å². The summed E-state index contributed by atoms with van der Waals surface area (Å²) in [6.45, 7) is 1.71. The third-order valence-corrected chi connectivity index (χ3v) is 1.99. The Kier molecular flexibility index (Phi) is 5.88. The summed E-state index contributed by atoms with van der Waals surface area (Å²) in [4.78, 5) is 23.3. The van der Waals surface area contributed by atoms with Crippen molar-refractivity contribution in [1.82, 2.24) is 4.90 Å². The van der Waals surface area contributed by atoms with Gasteiger partial charge in [0.05, 0.1) is 0 Å². The van der Waals surface area contributed by atoms with Crippen LogP contribution in [0.2, 0.25) is 0 Å². The van der Waals surface area contributed by atoms with Crippen LogP contribution in [0.25, 0.3) is 0 Å². The van der Waals surface area contributed by atoms with Gasteiger partial charge in [-0.25, -0.2) is 0 Å². The Balaban J connectivity index is 3.93. The van der Waals surface area contributed by atoms with Gasteiger partial charge in [-0.05, 0) is 27.4 Å². The molecular formula is C9H18N2O4. The van der Waals surface area contributed by atoms with Crippen LogP contribution in [-0.4, -0.2) is 48.3 Å². The number of carbonyl (C=O) groups is 2. The lowest BCUT2D eigenvalue weighted by Gasteiger charge is -2.21. The molecule has 0 bridgehead atoms. The van der Waals surface area contributed by atoms with Crippen molar-refractivity contribution in [3.05, 3.63) is 0 Å². The van der Waals surface area contributed by atoms with Gasteiger partial charge in [-0.3, -0.25) is 14.5 Å². The fourth-order valence-corrected chi connectivity index (χ4v) is 0.758. The van der Waals surface area contributed by atoms with Gasteiger partial charge in [-0.2, -0.15) is 0 Å². The molecule has 0 aromatic heterocycles. The van der Waals surface area contributed by atoms with Crippen molar-refractivity contribution in [2.45, 2.75) is 32.0 Å². The van der Waals surface area contributed by atoms with Gasteiger partial charge in [0, 0.05) is 6.42 Å². The molecule has 0 saturated heterocycles. The van der Waals surface area contributed by atoms with Gasteiger partial charge in [0.15, 0.2) is 6.23 Å². The highest BCUT2D eigenvalue weighted by atomic mass is 16.6. The molecule has 0 heterocycles. The number of carboxylic acid groups (broad SMARTS) is 1. The van der Waals surface area contributed by atoms with E-state index in [9.17, 15) is 9.59 Å². The standard InChI is InChI=1S/C9H18N2O4/c1-6(11(2)3)15-9(14)7(10)4-5-8(12)13/h6-7H,4-5,10H2,1-3H3,(H,12,13)/t6?,7-/m0/s1. The van der Waals surface area contributed by atoms with Gasteiger partial charge in [0.25, 0.3) is 0 Å². The lowest BCUT2D eigenvalue weighted by atomic mass is 10.2. The van der Waals surface area contributed by atoms with Crippen molar-refractivity contribution >= 4 is 11.9 Å². The summed E-state index contributed by atoms with van der Waals surface area (Å²) in [7, 11) is 3.53. The van der Waals surface area contributed by atoms with Gasteiger partial charge in [-0.1, -0.05) is 0 Å². The summed E-state index contributed by atoms with van der Waals surface area (Å²) in [5, 5.41) is 8.40. The minimum Gasteiger partial charge on any atom is -0.481 e. The minimum absolute atomic E-state index is 0.0916. The van der Waals surface area contributed by atoms with Crippen LogP contribution in [0.5, 0.6) is 0 Å². The van der Waals surface area contributed by atoms with Crippen molar-refractivity contribution in [2.75, 3.05) is 14.1 Å². The first-order chi connectivity index (χ1) is 6.84. The minimum atomic E-state index is -0.973. The first-order valence-corrected chi connectivity index (χ1v) is 4.69. The monoisotopic (exact) mass is 218 g/mol. The maximum absolute atomic E-state index is 11.3.